The number of nitrogen functional groups attached to an aromatic ring is 1. The van der Waals surface area contributed by atoms with Gasteiger partial charge in [0.2, 0.25) is 0 Å². The average molecular weight is 217 g/mol. The largest absolute Gasteiger partial charge is 0.398 e. The second-order valence-electron chi connectivity index (χ2n) is 2.72. The van der Waals surface area contributed by atoms with E-state index in [1.54, 1.807) is 0 Å². The van der Waals surface area contributed by atoms with E-state index in [-0.39, 0.29) is 0 Å². The first-order chi connectivity index (χ1) is 6.65. The van der Waals surface area contributed by atoms with Crippen LogP contribution in [-0.4, -0.2) is 23.7 Å². The van der Waals surface area contributed by atoms with Crippen molar-refractivity contribution < 1.29 is 13.3 Å². The Morgan fingerprint density at radius 1 is 1.57 bits per heavy atom. The van der Waals surface area contributed by atoms with Gasteiger partial charge in [0.05, 0.1) is 28.1 Å². The molecule has 0 fully saturated rings. The molecule has 0 aromatic heterocycles. The van der Waals surface area contributed by atoms with Crippen molar-refractivity contribution in [3.05, 3.63) is 24.0 Å². The Hall–Kier alpha value is -0.940. The number of benzene rings is 1. The Labute approximate surface area is 84.5 Å². The fraction of sp³-hybridized carbons (Fsp3) is 0.333. The standard InChI is InChI=1S/C9H12FNO2S/c1-13-4-5-14(12)9-6-7(10)2-3-8(9)11/h2-3,6H,4-5,11H2,1H3. The number of anilines is 1. The van der Waals surface area contributed by atoms with E-state index < -0.39 is 16.6 Å². The summed E-state index contributed by atoms with van der Waals surface area (Å²) in [6, 6.07) is 3.85. The molecule has 1 rings (SSSR count). The predicted octanol–water partition coefficient (Wildman–Crippen LogP) is 1.16. The molecular weight excluding hydrogens is 205 g/mol. The summed E-state index contributed by atoms with van der Waals surface area (Å²) in [5.41, 5.74) is 5.91. The summed E-state index contributed by atoms with van der Waals surface area (Å²) >= 11 is 0. The highest BCUT2D eigenvalue weighted by Gasteiger charge is 2.08. The predicted molar refractivity (Wildman–Crippen MR) is 54.0 cm³/mol. The van der Waals surface area contributed by atoms with Gasteiger partial charge >= 0.3 is 0 Å². The zero-order valence-electron chi connectivity index (χ0n) is 7.83. The molecule has 0 aliphatic rings. The number of halogens is 1. The Kier molecular flexibility index (Phi) is 4.03. The molecule has 78 valence electrons. The highest BCUT2D eigenvalue weighted by atomic mass is 32.2. The number of hydrogen-bond donors (Lipinski definition) is 1. The van der Waals surface area contributed by atoms with E-state index in [1.165, 1.54) is 25.3 Å². The highest BCUT2D eigenvalue weighted by molar-refractivity contribution is 7.85. The fourth-order valence-electron chi connectivity index (χ4n) is 0.974. The number of nitrogens with two attached hydrogens (primary N) is 1. The summed E-state index contributed by atoms with van der Waals surface area (Å²) in [7, 11) is 0.225. The molecule has 14 heavy (non-hydrogen) atoms. The monoisotopic (exact) mass is 217 g/mol. The van der Waals surface area contributed by atoms with Gasteiger partial charge in [-0.15, -0.1) is 0 Å². The van der Waals surface area contributed by atoms with Crippen molar-refractivity contribution in [1.29, 1.82) is 0 Å². The van der Waals surface area contributed by atoms with Crippen LogP contribution in [0.25, 0.3) is 0 Å². The topological polar surface area (TPSA) is 52.3 Å². The molecule has 1 aromatic rings. The van der Waals surface area contributed by atoms with E-state index in [9.17, 15) is 8.60 Å². The number of methoxy groups -OCH3 is 1. The number of hydrogen-bond acceptors (Lipinski definition) is 3. The van der Waals surface area contributed by atoms with Gasteiger partial charge in [0.25, 0.3) is 0 Å². The Balaban J connectivity index is 2.83. The lowest BCUT2D eigenvalue weighted by Gasteiger charge is -2.04. The zero-order valence-corrected chi connectivity index (χ0v) is 8.64. The first-order valence-corrected chi connectivity index (χ1v) is 5.39. The van der Waals surface area contributed by atoms with E-state index in [0.29, 0.717) is 22.9 Å². The quantitative estimate of drug-likeness (QED) is 0.770. The second kappa shape index (κ2) is 5.07. The molecule has 3 nitrogen and oxygen atoms in total. The smallest absolute Gasteiger partial charge is 0.124 e. The van der Waals surface area contributed by atoms with Crippen LogP contribution in [0.1, 0.15) is 0 Å². The fourth-order valence-corrected chi connectivity index (χ4v) is 2.09. The third-order valence-electron chi connectivity index (χ3n) is 1.69. The van der Waals surface area contributed by atoms with Gasteiger partial charge in [-0.3, -0.25) is 4.21 Å². The van der Waals surface area contributed by atoms with Crippen LogP contribution in [0.15, 0.2) is 23.1 Å². The van der Waals surface area contributed by atoms with E-state index in [1.807, 2.05) is 0 Å². The Morgan fingerprint density at radius 2 is 2.29 bits per heavy atom. The van der Waals surface area contributed by atoms with E-state index >= 15 is 0 Å². The molecule has 0 aliphatic carbocycles. The number of ether oxygens (including phenoxy) is 1. The second-order valence-corrected chi connectivity index (χ2v) is 4.26. The summed E-state index contributed by atoms with van der Waals surface area (Å²) in [6.45, 7) is 0.364. The van der Waals surface area contributed by atoms with Crippen molar-refractivity contribution in [2.45, 2.75) is 4.90 Å². The van der Waals surface area contributed by atoms with Gasteiger partial charge in [-0.2, -0.15) is 0 Å². The van der Waals surface area contributed by atoms with Crippen molar-refractivity contribution in [3.8, 4) is 0 Å². The molecule has 0 saturated heterocycles. The minimum Gasteiger partial charge on any atom is -0.398 e. The van der Waals surface area contributed by atoms with Gasteiger partial charge in [-0.05, 0) is 18.2 Å². The van der Waals surface area contributed by atoms with Crippen LogP contribution in [0.5, 0.6) is 0 Å². The normalized spacial score (nSPS) is 12.7. The molecule has 0 heterocycles. The molecule has 0 aliphatic heterocycles. The van der Waals surface area contributed by atoms with Gasteiger partial charge in [0.15, 0.2) is 0 Å². The summed E-state index contributed by atoms with van der Waals surface area (Å²) in [4.78, 5) is 0.335. The van der Waals surface area contributed by atoms with Crippen molar-refractivity contribution in [2.24, 2.45) is 0 Å². The maximum Gasteiger partial charge on any atom is 0.124 e. The van der Waals surface area contributed by atoms with Crippen LogP contribution < -0.4 is 5.73 Å². The van der Waals surface area contributed by atoms with Crippen LogP contribution in [-0.2, 0) is 15.5 Å². The molecule has 1 aromatic carbocycles. The average Bonchev–Trinajstić information content (AvgIpc) is 2.18. The Bertz CT molecular complexity index is 344. The molecule has 0 spiro atoms. The van der Waals surface area contributed by atoms with Crippen molar-refractivity contribution in [1.82, 2.24) is 0 Å². The minimum atomic E-state index is -1.30. The molecule has 0 radical (unpaired) electrons. The van der Waals surface area contributed by atoms with Crippen LogP contribution in [0.3, 0.4) is 0 Å². The molecule has 0 bridgehead atoms. The SMILES string of the molecule is COCCS(=O)c1cc(F)ccc1N. The van der Waals surface area contributed by atoms with Crippen LogP contribution in [0, 0.1) is 5.82 Å². The lowest BCUT2D eigenvalue weighted by atomic mass is 10.3. The lowest BCUT2D eigenvalue weighted by molar-refractivity contribution is 0.218. The van der Waals surface area contributed by atoms with Crippen LogP contribution >= 0.6 is 0 Å². The highest BCUT2D eigenvalue weighted by Crippen LogP contribution is 2.17. The van der Waals surface area contributed by atoms with Gasteiger partial charge in [0, 0.05) is 12.8 Å². The Morgan fingerprint density at radius 3 is 2.93 bits per heavy atom. The number of rotatable bonds is 4. The van der Waals surface area contributed by atoms with Gasteiger partial charge < -0.3 is 10.5 Å². The molecule has 0 amide bonds. The molecular formula is C9H12FNO2S. The zero-order chi connectivity index (χ0) is 10.6. The minimum absolute atomic E-state index is 0.324. The van der Waals surface area contributed by atoms with E-state index in [4.69, 9.17) is 10.5 Å². The summed E-state index contributed by atoms with van der Waals surface area (Å²) < 4.78 is 29.1. The van der Waals surface area contributed by atoms with Crippen LogP contribution in [0.2, 0.25) is 0 Å². The first kappa shape index (κ1) is 11.1. The molecule has 1 unspecified atom stereocenters. The summed E-state index contributed by atoms with van der Waals surface area (Å²) in [6.07, 6.45) is 0. The van der Waals surface area contributed by atoms with Crippen LogP contribution in [0.4, 0.5) is 10.1 Å². The van der Waals surface area contributed by atoms with Crippen molar-refractivity contribution in [2.75, 3.05) is 25.2 Å². The maximum atomic E-state index is 12.8. The van der Waals surface area contributed by atoms with Crippen molar-refractivity contribution in [3.63, 3.8) is 0 Å². The molecule has 0 saturated carbocycles. The third-order valence-corrected chi connectivity index (χ3v) is 3.08. The molecule has 5 heteroatoms. The molecule has 1 atom stereocenters. The third kappa shape index (κ3) is 2.78. The van der Waals surface area contributed by atoms with Crippen molar-refractivity contribution >= 4 is 16.5 Å². The van der Waals surface area contributed by atoms with E-state index in [2.05, 4.69) is 0 Å². The van der Waals surface area contributed by atoms with E-state index in [0.717, 1.165) is 0 Å². The first-order valence-electron chi connectivity index (χ1n) is 4.07. The van der Waals surface area contributed by atoms with Gasteiger partial charge in [-0.1, -0.05) is 0 Å². The summed E-state index contributed by atoms with van der Waals surface area (Å²) in [5, 5.41) is 0. The molecule has 2 N–H and O–H groups in total. The van der Waals surface area contributed by atoms with Gasteiger partial charge in [0.1, 0.15) is 5.82 Å². The van der Waals surface area contributed by atoms with Gasteiger partial charge in [-0.25, -0.2) is 4.39 Å². The summed E-state index contributed by atoms with van der Waals surface area (Å²) in [5.74, 6) is -0.107. The maximum absolute atomic E-state index is 12.8. The lowest BCUT2D eigenvalue weighted by Crippen LogP contribution is -2.07.